The fourth-order valence-electron chi connectivity index (χ4n) is 3.81. The van der Waals surface area contributed by atoms with Crippen molar-refractivity contribution >= 4 is 21.8 Å². The summed E-state index contributed by atoms with van der Waals surface area (Å²) >= 11 is 0. The van der Waals surface area contributed by atoms with E-state index in [9.17, 15) is 26.8 Å². The summed E-state index contributed by atoms with van der Waals surface area (Å²) in [5.41, 5.74) is 1.67. The number of piperazine rings is 1. The van der Waals surface area contributed by atoms with E-state index >= 15 is 0 Å². The minimum atomic E-state index is -4.34. The van der Waals surface area contributed by atoms with Crippen LogP contribution in [0.1, 0.15) is 39.0 Å². The quantitative estimate of drug-likeness (QED) is 0.493. The van der Waals surface area contributed by atoms with Gasteiger partial charge in [0, 0.05) is 31.9 Å². The van der Waals surface area contributed by atoms with Crippen molar-refractivity contribution in [2.45, 2.75) is 25.7 Å². The molecule has 2 heterocycles. The lowest BCUT2D eigenvalue weighted by molar-refractivity contribution is 0.0525. The molecule has 0 radical (unpaired) electrons. The summed E-state index contributed by atoms with van der Waals surface area (Å²) < 4.78 is 59.4. The zero-order chi connectivity index (χ0) is 23.6. The van der Waals surface area contributed by atoms with Gasteiger partial charge < -0.3 is 9.72 Å². The van der Waals surface area contributed by atoms with E-state index in [-0.39, 0.29) is 45.1 Å². The van der Waals surface area contributed by atoms with Crippen LogP contribution in [0.4, 0.5) is 8.78 Å². The average Bonchev–Trinajstić information content (AvgIpc) is 3.02. The van der Waals surface area contributed by atoms with Crippen LogP contribution in [-0.4, -0.2) is 73.7 Å². The molecule has 32 heavy (non-hydrogen) atoms. The van der Waals surface area contributed by atoms with Crippen molar-refractivity contribution in [2.75, 3.05) is 39.3 Å². The van der Waals surface area contributed by atoms with Crippen LogP contribution in [-0.2, 0) is 14.8 Å². The van der Waals surface area contributed by atoms with E-state index in [2.05, 4.69) is 4.98 Å². The molecule has 0 amide bonds. The van der Waals surface area contributed by atoms with E-state index in [0.29, 0.717) is 22.5 Å². The van der Waals surface area contributed by atoms with E-state index in [4.69, 9.17) is 4.74 Å². The molecule has 174 valence electrons. The van der Waals surface area contributed by atoms with Crippen LogP contribution in [0.3, 0.4) is 0 Å². The van der Waals surface area contributed by atoms with Gasteiger partial charge in [0.05, 0.1) is 24.4 Å². The van der Waals surface area contributed by atoms with E-state index in [1.165, 1.54) is 0 Å². The molecule has 1 aromatic carbocycles. The lowest BCUT2D eigenvalue weighted by Crippen LogP contribution is -2.50. The number of halogens is 2. The Labute approximate surface area is 185 Å². The largest absolute Gasteiger partial charge is 0.462 e. The van der Waals surface area contributed by atoms with Gasteiger partial charge in [-0.15, -0.1) is 0 Å². The van der Waals surface area contributed by atoms with Crippen LogP contribution in [0, 0.1) is 25.5 Å². The number of esters is 1. The minimum Gasteiger partial charge on any atom is -0.462 e. The SMILES string of the molecule is CCOC(=O)c1c(C)[nH]c(C(=O)CN2CCN(S(=O)(=O)c3c(F)cccc3F)CC2)c1C. The number of ether oxygens (including phenoxy) is 1. The summed E-state index contributed by atoms with van der Waals surface area (Å²) in [5.74, 6) is -3.04. The van der Waals surface area contributed by atoms with Crippen molar-refractivity contribution in [1.82, 2.24) is 14.2 Å². The van der Waals surface area contributed by atoms with Crippen LogP contribution in [0.15, 0.2) is 23.1 Å². The number of nitrogens with one attached hydrogen (secondary N) is 1. The molecule has 8 nitrogen and oxygen atoms in total. The van der Waals surface area contributed by atoms with E-state index in [0.717, 1.165) is 22.5 Å². The molecule has 0 atom stereocenters. The first-order valence-corrected chi connectivity index (χ1v) is 11.6. The number of benzene rings is 1. The zero-order valence-corrected chi connectivity index (χ0v) is 18.9. The molecule has 0 bridgehead atoms. The summed E-state index contributed by atoms with van der Waals surface area (Å²) in [6.45, 7) is 5.66. The Bertz CT molecular complexity index is 1120. The van der Waals surface area contributed by atoms with Crippen LogP contribution < -0.4 is 0 Å². The highest BCUT2D eigenvalue weighted by Gasteiger charge is 2.34. The predicted octanol–water partition coefficient (Wildman–Crippen LogP) is 2.28. The van der Waals surface area contributed by atoms with Gasteiger partial charge in [0.25, 0.3) is 0 Å². The number of aromatic nitrogens is 1. The molecule has 1 N–H and O–H groups in total. The number of carbonyl (C=O) groups excluding carboxylic acids is 2. The first-order valence-electron chi connectivity index (χ1n) is 10.1. The minimum absolute atomic E-state index is 0.00497. The summed E-state index contributed by atoms with van der Waals surface area (Å²) in [4.78, 5) is 28.7. The van der Waals surface area contributed by atoms with Gasteiger partial charge in [0.2, 0.25) is 10.0 Å². The van der Waals surface area contributed by atoms with Gasteiger partial charge in [-0.25, -0.2) is 22.0 Å². The second-order valence-electron chi connectivity index (χ2n) is 7.50. The smallest absolute Gasteiger partial charge is 0.340 e. The van der Waals surface area contributed by atoms with E-state index in [1.54, 1.807) is 25.7 Å². The number of H-pyrrole nitrogens is 1. The Balaban J connectivity index is 1.67. The van der Waals surface area contributed by atoms with Gasteiger partial charge >= 0.3 is 5.97 Å². The van der Waals surface area contributed by atoms with Gasteiger partial charge in [0.1, 0.15) is 11.6 Å². The molecule has 2 aromatic rings. The lowest BCUT2D eigenvalue weighted by atomic mass is 10.1. The molecule has 0 aliphatic carbocycles. The van der Waals surface area contributed by atoms with Gasteiger partial charge in [-0.1, -0.05) is 6.07 Å². The van der Waals surface area contributed by atoms with Crippen LogP contribution in [0.2, 0.25) is 0 Å². The zero-order valence-electron chi connectivity index (χ0n) is 18.1. The second kappa shape index (κ2) is 9.47. The molecule has 0 saturated carbocycles. The third-order valence-electron chi connectivity index (χ3n) is 5.41. The van der Waals surface area contributed by atoms with Crippen molar-refractivity contribution < 1.29 is 31.5 Å². The highest BCUT2D eigenvalue weighted by Crippen LogP contribution is 2.24. The van der Waals surface area contributed by atoms with Gasteiger partial charge in [-0.05, 0) is 38.5 Å². The Morgan fingerprint density at radius 3 is 2.25 bits per heavy atom. The maximum atomic E-state index is 14.0. The summed E-state index contributed by atoms with van der Waals surface area (Å²) in [7, 11) is -4.34. The standard InChI is InChI=1S/C21H25F2N3O5S/c1-4-31-21(28)18-13(2)19(24-14(18)3)17(27)12-25-8-10-26(11-9-25)32(29,30)20-15(22)6-5-7-16(20)23/h5-7,24H,4,8-12H2,1-3H3. The first kappa shape index (κ1) is 24.0. The fraction of sp³-hybridized carbons (Fsp3) is 0.429. The molecule has 1 aliphatic rings. The Kier molecular flexibility index (Phi) is 7.11. The Morgan fingerprint density at radius 1 is 1.09 bits per heavy atom. The van der Waals surface area contributed by atoms with Crippen molar-refractivity contribution in [2.24, 2.45) is 0 Å². The van der Waals surface area contributed by atoms with Crippen molar-refractivity contribution in [3.05, 3.63) is 52.3 Å². The van der Waals surface area contributed by atoms with E-state index < -0.39 is 32.5 Å². The molecule has 1 saturated heterocycles. The number of carbonyl (C=O) groups is 2. The number of rotatable bonds is 7. The highest BCUT2D eigenvalue weighted by atomic mass is 32.2. The number of aryl methyl sites for hydroxylation is 1. The second-order valence-corrected chi connectivity index (χ2v) is 9.37. The monoisotopic (exact) mass is 469 g/mol. The Hall–Kier alpha value is -2.63. The number of ketones is 1. The van der Waals surface area contributed by atoms with Gasteiger partial charge in [-0.2, -0.15) is 4.31 Å². The highest BCUT2D eigenvalue weighted by molar-refractivity contribution is 7.89. The van der Waals surface area contributed by atoms with Crippen molar-refractivity contribution in [1.29, 1.82) is 0 Å². The number of Topliss-reactive ketones (excluding diaryl/α,β-unsaturated/α-hetero) is 1. The molecule has 1 aromatic heterocycles. The van der Waals surface area contributed by atoms with Crippen LogP contribution >= 0.6 is 0 Å². The average molecular weight is 470 g/mol. The fourth-order valence-corrected chi connectivity index (χ4v) is 5.34. The molecular weight excluding hydrogens is 444 g/mol. The third kappa shape index (κ3) is 4.59. The maximum absolute atomic E-state index is 14.0. The molecule has 3 rings (SSSR count). The number of nitrogens with zero attached hydrogens (tertiary/aromatic N) is 2. The summed E-state index contributed by atoms with van der Waals surface area (Å²) in [6, 6.07) is 2.90. The van der Waals surface area contributed by atoms with Crippen molar-refractivity contribution in [3.63, 3.8) is 0 Å². The normalized spacial score (nSPS) is 15.7. The molecule has 0 spiro atoms. The van der Waals surface area contributed by atoms with Gasteiger partial charge in [-0.3, -0.25) is 9.69 Å². The predicted molar refractivity (Wildman–Crippen MR) is 112 cm³/mol. The molecule has 11 heteroatoms. The topological polar surface area (TPSA) is 99.8 Å². The molecular formula is C21H25F2N3O5S. The molecule has 1 fully saturated rings. The molecule has 0 unspecified atom stereocenters. The van der Waals surface area contributed by atoms with Crippen LogP contribution in [0.25, 0.3) is 0 Å². The van der Waals surface area contributed by atoms with Crippen molar-refractivity contribution in [3.8, 4) is 0 Å². The molecule has 1 aliphatic heterocycles. The Morgan fingerprint density at radius 2 is 1.69 bits per heavy atom. The number of aromatic amines is 1. The number of hydrogen-bond acceptors (Lipinski definition) is 6. The first-order chi connectivity index (χ1) is 15.1. The van der Waals surface area contributed by atoms with Gasteiger partial charge in [0.15, 0.2) is 10.7 Å². The number of sulfonamides is 1. The maximum Gasteiger partial charge on any atom is 0.340 e. The van der Waals surface area contributed by atoms with Crippen LogP contribution in [0.5, 0.6) is 0 Å². The number of hydrogen-bond donors (Lipinski definition) is 1. The summed E-state index contributed by atoms with van der Waals surface area (Å²) in [5, 5.41) is 0. The van der Waals surface area contributed by atoms with E-state index in [1.807, 2.05) is 0 Å². The third-order valence-corrected chi connectivity index (χ3v) is 7.36. The summed E-state index contributed by atoms with van der Waals surface area (Å²) in [6.07, 6.45) is 0. The lowest BCUT2D eigenvalue weighted by Gasteiger charge is -2.33.